The Balaban J connectivity index is 1.60. The Morgan fingerprint density at radius 2 is 1.93 bits per heavy atom. The molecular formula is C19H19N5O3. The number of nitrogens with zero attached hydrogens (tertiary/aromatic N) is 4. The number of ketones is 1. The van der Waals surface area contributed by atoms with Crippen molar-refractivity contribution in [1.29, 1.82) is 0 Å². The van der Waals surface area contributed by atoms with Crippen molar-refractivity contribution in [3.05, 3.63) is 59.9 Å². The molecule has 1 N–H and O–H groups in total. The fraction of sp³-hybridized carbons (Fsp3) is 0.211. The van der Waals surface area contributed by atoms with Crippen LogP contribution in [0.15, 0.2) is 48.8 Å². The molecule has 0 aliphatic heterocycles. The predicted octanol–water partition coefficient (Wildman–Crippen LogP) is 2.58. The molecule has 0 unspecified atom stereocenters. The maximum absolute atomic E-state index is 12.2. The lowest BCUT2D eigenvalue weighted by molar-refractivity contribution is -0.118. The van der Waals surface area contributed by atoms with Crippen LogP contribution in [0.4, 0.5) is 5.69 Å². The third kappa shape index (κ3) is 4.55. The zero-order valence-electron chi connectivity index (χ0n) is 15.0. The summed E-state index contributed by atoms with van der Waals surface area (Å²) in [6.07, 6.45) is 1.94. The van der Waals surface area contributed by atoms with Gasteiger partial charge in [0, 0.05) is 17.7 Å². The molecule has 2 aromatic carbocycles. The van der Waals surface area contributed by atoms with Gasteiger partial charge in [-0.05, 0) is 59.3 Å². The Morgan fingerprint density at radius 1 is 1.15 bits per heavy atom. The number of aromatic nitrogens is 4. The molecule has 0 saturated heterocycles. The van der Waals surface area contributed by atoms with Gasteiger partial charge in [0.15, 0.2) is 12.4 Å². The maximum Gasteiger partial charge on any atom is 0.262 e. The molecule has 3 rings (SSSR count). The lowest BCUT2D eigenvalue weighted by Gasteiger charge is -2.10. The van der Waals surface area contributed by atoms with E-state index in [-0.39, 0.29) is 18.3 Å². The summed E-state index contributed by atoms with van der Waals surface area (Å²) in [5.74, 6) is 0.295. The number of ether oxygens (including phenoxy) is 1. The number of Topliss-reactive ketones (excluding diaryl/α,β-unsaturated/α-hetero) is 1. The van der Waals surface area contributed by atoms with E-state index in [0.717, 1.165) is 11.3 Å². The number of aryl methyl sites for hydroxylation is 1. The Bertz CT molecular complexity index is 936. The minimum absolute atomic E-state index is 0.0667. The summed E-state index contributed by atoms with van der Waals surface area (Å²) in [6, 6.07) is 12.2. The number of nitrogens with one attached hydrogen (secondary N) is 1. The Kier molecular flexibility index (Phi) is 5.55. The number of carbonyl (C=O) groups is 2. The molecule has 8 heteroatoms. The van der Waals surface area contributed by atoms with E-state index in [1.165, 1.54) is 11.0 Å². The SMILES string of the molecule is CCC(=O)c1ccc(OCC(=O)Nc2ccc(C)c(-n3cnnn3)c2)cc1. The van der Waals surface area contributed by atoms with E-state index >= 15 is 0 Å². The highest BCUT2D eigenvalue weighted by Gasteiger charge is 2.09. The van der Waals surface area contributed by atoms with E-state index in [9.17, 15) is 9.59 Å². The van der Waals surface area contributed by atoms with E-state index in [1.54, 1.807) is 36.4 Å². The van der Waals surface area contributed by atoms with Crippen LogP contribution < -0.4 is 10.1 Å². The third-order valence-corrected chi connectivity index (χ3v) is 3.96. The minimum atomic E-state index is -0.296. The van der Waals surface area contributed by atoms with Crippen molar-refractivity contribution in [2.24, 2.45) is 0 Å². The normalized spacial score (nSPS) is 10.4. The number of benzene rings is 2. The molecule has 0 aliphatic rings. The van der Waals surface area contributed by atoms with Gasteiger partial charge in [0.1, 0.15) is 12.1 Å². The molecule has 1 aromatic heterocycles. The highest BCUT2D eigenvalue weighted by Crippen LogP contribution is 2.18. The molecule has 1 amide bonds. The van der Waals surface area contributed by atoms with Gasteiger partial charge >= 0.3 is 0 Å². The monoisotopic (exact) mass is 365 g/mol. The van der Waals surface area contributed by atoms with E-state index < -0.39 is 0 Å². The molecule has 0 spiro atoms. The van der Waals surface area contributed by atoms with Crippen LogP contribution in [0, 0.1) is 6.92 Å². The van der Waals surface area contributed by atoms with Gasteiger partial charge in [-0.15, -0.1) is 5.10 Å². The first-order chi connectivity index (χ1) is 13.1. The smallest absolute Gasteiger partial charge is 0.262 e. The zero-order valence-corrected chi connectivity index (χ0v) is 15.0. The zero-order chi connectivity index (χ0) is 19.2. The second-order valence-electron chi connectivity index (χ2n) is 5.89. The molecular weight excluding hydrogens is 346 g/mol. The van der Waals surface area contributed by atoms with Crippen LogP contribution >= 0.6 is 0 Å². The van der Waals surface area contributed by atoms with E-state index in [0.29, 0.717) is 23.4 Å². The largest absolute Gasteiger partial charge is 0.484 e. The van der Waals surface area contributed by atoms with Gasteiger partial charge in [-0.2, -0.15) is 0 Å². The average Bonchev–Trinajstić information content (AvgIpc) is 3.22. The Labute approximate surface area is 156 Å². The minimum Gasteiger partial charge on any atom is -0.484 e. The molecule has 8 nitrogen and oxygen atoms in total. The summed E-state index contributed by atoms with van der Waals surface area (Å²) in [5.41, 5.74) is 2.99. The molecule has 27 heavy (non-hydrogen) atoms. The summed E-state index contributed by atoms with van der Waals surface area (Å²) in [4.78, 5) is 23.8. The second-order valence-corrected chi connectivity index (χ2v) is 5.89. The van der Waals surface area contributed by atoms with Crippen molar-refractivity contribution >= 4 is 17.4 Å². The Morgan fingerprint density at radius 3 is 2.59 bits per heavy atom. The van der Waals surface area contributed by atoms with E-state index in [4.69, 9.17) is 4.74 Å². The molecule has 0 fully saturated rings. The van der Waals surface area contributed by atoms with Gasteiger partial charge in [-0.25, -0.2) is 4.68 Å². The molecule has 0 radical (unpaired) electrons. The van der Waals surface area contributed by atoms with Crippen molar-refractivity contribution in [3.63, 3.8) is 0 Å². The summed E-state index contributed by atoms with van der Waals surface area (Å²) >= 11 is 0. The van der Waals surface area contributed by atoms with Crippen LogP contribution in [-0.4, -0.2) is 38.5 Å². The highest BCUT2D eigenvalue weighted by molar-refractivity contribution is 5.96. The first-order valence-corrected chi connectivity index (χ1v) is 8.46. The standard InChI is InChI=1S/C19H19N5O3/c1-3-18(25)14-5-8-16(9-6-14)27-11-19(26)21-15-7-4-13(2)17(10-15)24-12-20-22-23-24/h4-10,12H,3,11H2,1-2H3,(H,21,26). The number of rotatable bonds is 7. The number of carbonyl (C=O) groups excluding carboxylic acids is 2. The molecule has 0 bridgehead atoms. The van der Waals surface area contributed by atoms with Crippen LogP contribution in [0.25, 0.3) is 5.69 Å². The van der Waals surface area contributed by atoms with Crippen LogP contribution in [0.2, 0.25) is 0 Å². The summed E-state index contributed by atoms with van der Waals surface area (Å²) < 4.78 is 7.00. The van der Waals surface area contributed by atoms with Gasteiger partial charge in [-0.1, -0.05) is 13.0 Å². The second kappa shape index (κ2) is 8.22. The number of hydrogen-bond acceptors (Lipinski definition) is 6. The van der Waals surface area contributed by atoms with Crippen LogP contribution in [0.1, 0.15) is 29.3 Å². The molecule has 0 atom stereocenters. The van der Waals surface area contributed by atoms with E-state index in [1.807, 2.05) is 19.9 Å². The lowest BCUT2D eigenvalue weighted by atomic mass is 10.1. The molecule has 1 heterocycles. The average molecular weight is 365 g/mol. The van der Waals surface area contributed by atoms with Gasteiger partial charge in [0.05, 0.1) is 5.69 Å². The number of anilines is 1. The summed E-state index contributed by atoms with van der Waals surface area (Å²) in [7, 11) is 0. The van der Waals surface area contributed by atoms with Crippen molar-refractivity contribution in [3.8, 4) is 11.4 Å². The van der Waals surface area contributed by atoms with Crippen LogP contribution in [0.5, 0.6) is 5.75 Å². The van der Waals surface area contributed by atoms with Crippen molar-refractivity contribution in [2.45, 2.75) is 20.3 Å². The third-order valence-electron chi connectivity index (χ3n) is 3.96. The lowest BCUT2D eigenvalue weighted by Crippen LogP contribution is -2.20. The topological polar surface area (TPSA) is 99.0 Å². The number of amides is 1. The maximum atomic E-state index is 12.2. The first-order valence-electron chi connectivity index (χ1n) is 8.46. The Hall–Kier alpha value is -3.55. The molecule has 0 aliphatic carbocycles. The quantitative estimate of drug-likeness (QED) is 0.646. The highest BCUT2D eigenvalue weighted by atomic mass is 16.5. The first kappa shape index (κ1) is 18.2. The van der Waals surface area contributed by atoms with Gasteiger partial charge < -0.3 is 10.1 Å². The summed E-state index contributed by atoms with van der Waals surface area (Å²) in [6.45, 7) is 3.60. The van der Waals surface area contributed by atoms with Crippen LogP contribution in [0.3, 0.4) is 0 Å². The van der Waals surface area contributed by atoms with Gasteiger partial charge in [-0.3, -0.25) is 9.59 Å². The molecule has 0 saturated carbocycles. The van der Waals surface area contributed by atoms with E-state index in [2.05, 4.69) is 20.8 Å². The molecule has 3 aromatic rings. The van der Waals surface area contributed by atoms with Gasteiger partial charge in [0.25, 0.3) is 5.91 Å². The summed E-state index contributed by atoms with van der Waals surface area (Å²) in [5, 5.41) is 13.9. The van der Waals surface area contributed by atoms with Gasteiger partial charge in [0.2, 0.25) is 0 Å². The van der Waals surface area contributed by atoms with Crippen molar-refractivity contribution < 1.29 is 14.3 Å². The number of tetrazole rings is 1. The predicted molar refractivity (Wildman–Crippen MR) is 99.1 cm³/mol. The molecule has 138 valence electrons. The fourth-order valence-corrected chi connectivity index (χ4v) is 2.49. The van der Waals surface area contributed by atoms with Crippen LogP contribution in [-0.2, 0) is 4.79 Å². The fourth-order valence-electron chi connectivity index (χ4n) is 2.49. The van der Waals surface area contributed by atoms with Crippen molar-refractivity contribution in [2.75, 3.05) is 11.9 Å². The van der Waals surface area contributed by atoms with Crippen molar-refractivity contribution in [1.82, 2.24) is 20.2 Å². The number of hydrogen-bond donors (Lipinski definition) is 1.